The van der Waals surface area contributed by atoms with Crippen LogP contribution in [0.3, 0.4) is 0 Å². The number of aromatic nitrogens is 2. The lowest BCUT2D eigenvalue weighted by molar-refractivity contribution is -0.123. The van der Waals surface area contributed by atoms with Gasteiger partial charge in [-0.15, -0.1) is 0 Å². The predicted molar refractivity (Wildman–Crippen MR) is 107 cm³/mol. The lowest BCUT2D eigenvalue weighted by Crippen LogP contribution is -2.38. The van der Waals surface area contributed by atoms with Gasteiger partial charge in [-0.05, 0) is 62.5 Å². The van der Waals surface area contributed by atoms with Crippen molar-refractivity contribution in [2.45, 2.75) is 38.1 Å². The first-order valence-electron chi connectivity index (χ1n) is 9.95. The third-order valence-corrected chi connectivity index (χ3v) is 5.73. The maximum atomic E-state index is 12.6. The minimum Gasteiger partial charge on any atom is -0.369 e. The highest BCUT2D eigenvalue weighted by molar-refractivity contribution is 6.03. The van der Waals surface area contributed by atoms with Crippen molar-refractivity contribution in [1.82, 2.24) is 14.7 Å². The second kappa shape index (κ2) is 7.75. The molecule has 2 fully saturated rings. The van der Waals surface area contributed by atoms with Crippen LogP contribution >= 0.6 is 0 Å². The Morgan fingerprint density at radius 1 is 1.18 bits per heavy atom. The van der Waals surface area contributed by atoms with Crippen molar-refractivity contribution in [3.8, 4) is 0 Å². The van der Waals surface area contributed by atoms with Gasteiger partial charge in [0.15, 0.2) is 5.69 Å². The van der Waals surface area contributed by atoms with Gasteiger partial charge in [0.2, 0.25) is 5.91 Å². The number of nitrogens with one attached hydrogen (secondary N) is 1. The topological polar surface area (TPSA) is 93.2 Å². The molecular formula is C21H27N5O2. The van der Waals surface area contributed by atoms with E-state index in [0.29, 0.717) is 11.6 Å². The second-order valence-electron chi connectivity index (χ2n) is 7.96. The van der Waals surface area contributed by atoms with Crippen LogP contribution in [0.1, 0.15) is 53.3 Å². The van der Waals surface area contributed by atoms with Crippen LogP contribution in [0.25, 0.3) is 0 Å². The monoisotopic (exact) mass is 381 g/mol. The van der Waals surface area contributed by atoms with Crippen LogP contribution in [-0.4, -0.2) is 39.6 Å². The van der Waals surface area contributed by atoms with Gasteiger partial charge in [-0.25, -0.2) is 0 Å². The van der Waals surface area contributed by atoms with Gasteiger partial charge >= 0.3 is 0 Å². The van der Waals surface area contributed by atoms with Crippen molar-refractivity contribution in [2.24, 2.45) is 18.7 Å². The smallest absolute Gasteiger partial charge is 0.276 e. The lowest BCUT2D eigenvalue weighted by atomic mass is 9.96. The summed E-state index contributed by atoms with van der Waals surface area (Å²) >= 11 is 0. The maximum absolute atomic E-state index is 12.6. The Bertz CT molecular complexity index is 879. The van der Waals surface area contributed by atoms with E-state index in [-0.39, 0.29) is 17.7 Å². The Hall–Kier alpha value is -2.67. The quantitative estimate of drug-likeness (QED) is 0.803. The molecule has 0 atom stereocenters. The van der Waals surface area contributed by atoms with Crippen molar-refractivity contribution in [3.05, 3.63) is 47.3 Å². The molecule has 0 spiro atoms. The maximum Gasteiger partial charge on any atom is 0.276 e. The standard InChI is InChI=1S/C21H27N5O2/c1-25-19(15-5-6-15)12-18(24-25)21(28)23-17-4-2-3-14(11-17)13-26-9-7-16(8-10-26)20(22)27/h2-4,11-12,15-16H,5-10,13H2,1H3,(H2,22,27)(H,23,28). The van der Waals surface area contributed by atoms with Gasteiger partial charge in [-0.2, -0.15) is 5.10 Å². The zero-order chi connectivity index (χ0) is 19.7. The number of nitrogens with two attached hydrogens (primary N) is 1. The molecule has 1 aromatic carbocycles. The number of hydrogen-bond acceptors (Lipinski definition) is 4. The minimum absolute atomic E-state index is 0.000718. The normalized spacial score (nSPS) is 18.2. The molecule has 0 radical (unpaired) electrons. The fraction of sp³-hybridized carbons (Fsp3) is 0.476. The van der Waals surface area contributed by atoms with Crippen LogP contribution < -0.4 is 11.1 Å². The third kappa shape index (κ3) is 4.25. The van der Waals surface area contributed by atoms with E-state index in [1.165, 1.54) is 12.8 Å². The van der Waals surface area contributed by atoms with Crippen LogP contribution in [0, 0.1) is 5.92 Å². The van der Waals surface area contributed by atoms with E-state index >= 15 is 0 Å². The number of rotatable bonds is 6. The van der Waals surface area contributed by atoms with Crippen molar-refractivity contribution in [2.75, 3.05) is 18.4 Å². The molecule has 1 aliphatic heterocycles. The Morgan fingerprint density at radius 3 is 2.61 bits per heavy atom. The van der Waals surface area contributed by atoms with E-state index in [1.54, 1.807) is 0 Å². The minimum atomic E-state index is -0.191. The molecule has 0 unspecified atom stereocenters. The first kappa shape index (κ1) is 18.7. The van der Waals surface area contributed by atoms with E-state index < -0.39 is 0 Å². The van der Waals surface area contributed by atoms with Gasteiger partial charge in [0.25, 0.3) is 5.91 Å². The molecule has 0 bridgehead atoms. The molecule has 148 valence electrons. The number of carbonyl (C=O) groups is 2. The van der Waals surface area contributed by atoms with Crippen LogP contribution in [-0.2, 0) is 18.4 Å². The highest BCUT2D eigenvalue weighted by Crippen LogP contribution is 2.40. The summed E-state index contributed by atoms with van der Waals surface area (Å²) in [6, 6.07) is 9.81. The fourth-order valence-corrected chi connectivity index (χ4v) is 3.93. The molecule has 7 nitrogen and oxygen atoms in total. The van der Waals surface area contributed by atoms with Crippen LogP contribution in [0.2, 0.25) is 0 Å². The summed E-state index contributed by atoms with van der Waals surface area (Å²) in [4.78, 5) is 26.2. The molecule has 4 rings (SSSR count). The molecule has 28 heavy (non-hydrogen) atoms. The number of carbonyl (C=O) groups excluding carboxylic acids is 2. The van der Waals surface area contributed by atoms with E-state index in [9.17, 15) is 9.59 Å². The van der Waals surface area contributed by atoms with E-state index in [2.05, 4.69) is 21.4 Å². The van der Waals surface area contributed by atoms with Gasteiger partial charge in [0.05, 0.1) is 0 Å². The zero-order valence-electron chi connectivity index (χ0n) is 16.2. The molecule has 2 heterocycles. The number of anilines is 1. The number of benzene rings is 1. The third-order valence-electron chi connectivity index (χ3n) is 5.73. The number of likely N-dealkylation sites (tertiary alicyclic amines) is 1. The summed E-state index contributed by atoms with van der Waals surface area (Å²) < 4.78 is 1.82. The van der Waals surface area contributed by atoms with Crippen LogP contribution in [0.15, 0.2) is 30.3 Å². The van der Waals surface area contributed by atoms with Gasteiger partial charge < -0.3 is 11.1 Å². The van der Waals surface area contributed by atoms with E-state index in [0.717, 1.165) is 49.4 Å². The number of piperidine rings is 1. The van der Waals surface area contributed by atoms with Crippen molar-refractivity contribution >= 4 is 17.5 Å². The Morgan fingerprint density at radius 2 is 1.93 bits per heavy atom. The largest absolute Gasteiger partial charge is 0.369 e. The summed E-state index contributed by atoms with van der Waals surface area (Å²) in [5.74, 6) is 0.188. The average molecular weight is 381 g/mol. The second-order valence-corrected chi connectivity index (χ2v) is 7.96. The summed E-state index contributed by atoms with van der Waals surface area (Å²) in [6.45, 7) is 2.52. The molecule has 1 aliphatic carbocycles. The SMILES string of the molecule is Cn1nc(C(=O)Nc2cccc(CN3CCC(C(N)=O)CC3)c2)cc1C1CC1. The van der Waals surface area contributed by atoms with Crippen molar-refractivity contribution in [3.63, 3.8) is 0 Å². The van der Waals surface area contributed by atoms with Gasteiger partial charge in [0.1, 0.15) is 0 Å². The Kier molecular flexibility index (Phi) is 5.17. The van der Waals surface area contributed by atoms with Gasteiger partial charge in [-0.1, -0.05) is 12.1 Å². The lowest BCUT2D eigenvalue weighted by Gasteiger charge is -2.30. The summed E-state index contributed by atoms with van der Waals surface area (Å²) in [5.41, 5.74) is 8.91. The van der Waals surface area contributed by atoms with E-state index in [1.807, 2.05) is 36.0 Å². The van der Waals surface area contributed by atoms with Crippen LogP contribution in [0.4, 0.5) is 5.69 Å². The van der Waals surface area contributed by atoms with Gasteiger partial charge in [-0.3, -0.25) is 19.2 Å². The number of nitrogens with zero attached hydrogens (tertiary/aromatic N) is 3. The first-order chi connectivity index (χ1) is 13.5. The first-order valence-corrected chi connectivity index (χ1v) is 9.95. The van der Waals surface area contributed by atoms with E-state index in [4.69, 9.17) is 5.73 Å². The molecule has 2 aromatic rings. The molecule has 2 amide bonds. The highest BCUT2D eigenvalue weighted by atomic mass is 16.2. The molecule has 1 saturated carbocycles. The Labute approximate surface area is 164 Å². The predicted octanol–water partition coefficient (Wildman–Crippen LogP) is 2.25. The number of amides is 2. The molecule has 3 N–H and O–H groups in total. The summed E-state index contributed by atoms with van der Waals surface area (Å²) in [7, 11) is 1.90. The summed E-state index contributed by atoms with van der Waals surface area (Å²) in [5, 5.41) is 7.33. The molecule has 1 aromatic heterocycles. The number of primary amides is 1. The highest BCUT2D eigenvalue weighted by Gasteiger charge is 2.28. The number of hydrogen-bond donors (Lipinski definition) is 2. The molecular weight excluding hydrogens is 354 g/mol. The fourth-order valence-electron chi connectivity index (χ4n) is 3.93. The average Bonchev–Trinajstić information content (AvgIpc) is 3.44. The Balaban J connectivity index is 1.36. The number of aryl methyl sites for hydroxylation is 1. The molecule has 1 saturated heterocycles. The van der Waals surface area contributed by atoms with Crippen LogP contribution in [0.5, 0.6) is 0 Å². The zero-order valence-corrected chi connectivity index (χ0v) is 16.2. The summed E-state index contributed by atoms with van der Waals surface area (Å²) in [6.07, 6.45) is 3.99. The van der Waals surface area contributed by atoms with Gasteiger partial charge in [0, 0.05) is 36.8 Å². The van der Waals surface area contributed by atoms with Crippen molar-refractivity contribution in [1.29, 1.82) is 0 Å². The molecule has 7 heteroatoms. The molecule has 2 aliphatic rings. The van der Waals surface area contributed by atoms with Crippen molar-refractivity contribution < 1.29 is 9.59 Å².